The van der Waals surface area contributed by atoms with E-state index in [-0.39, 0.29) is 0 Å². The van der Waals surface area contributed by atoms with Crippen LogP contribution in [0.5, 0.6) is 0 Å². The van der Waals surface area contributed by atoms with E-state index in [9.17, 15) is 5.11 Å². The van der Waals surface area contributed by atoms with Gasteiger partial charge >= 0.3 is 0 Å². The molecule has 2 aliphatic rings. The maximum Gasteiger partial charge on any atom is 0.158 e. The third-order valence-corrected chi connectivity index (χ3v) is 3.90. The molecule has 5 nitrogen and oxygen atoms in total. The molecule has 4 rings (SSSR count). The molecule has 0 radical (unpaired) electrons. The first-order valence-corrected chi connectivity index (χ1v) is 6.90. The summed E-state index contributed by atoms with van der Waals surface area (Å²) in [5.74, 6) is 1.68. The van der Waals surface area contributed by atoms with Gasteiger partial charge in [-0.1, -0.05) is 0 Å². The molecule has 0 unspecified atom stereocenters. The van der Waals surface area contributed by atoms with Gasteiger partial charge in [0, 0.05) is 24.0 Å². The van der Waals surface area contributed by atoms with Crippen molar-refractivity contribution in [3.8, 4) is 0 Å². The van der Waals surface area contributed by atoms with Crippen molar-refractivity contribution in [3.63, 3.8) is 0 Å². The van der Waals surface area contributed by atoms with Gasteiger partial charge in [0.15, 0.2) is 12.0 Å². The normalized spacial score (nSPS) is 20.7. The number of nitrogens with zero attached hydrogens (tertiary/aromatic N) is 3. The van der Waals surface area contributed by atoms with Crippen molar-refractivity contribution in [2.24, 2.45) is 0 Å². The lowest BCUT2D eigenvalue weighted by Gasteiger charge is -2.23. The predicted octanol–water partition coefficient (Wildman–Crippen LogP) is 2.50. The molecule has 5 heteroatoms. The molecule has 0 amide bonds. The van der Waals surface area contributed by atoms with E-state index in [4.69, 9.17) is 0 Å². The molecule has 2 aromatic heterocycles. The van der Waals surface area contributed by atoms with Gasteiger partial charge in [0.1, 0.15) is 5.82 Å². The summed E-state index contributed by atoms with van der Waals surface area (Å²) in [6.07, 6.45) is 5.10. The Bertz CT molecular complexity index is 669. The zero-order valence-corrected chi connectivity index (χ0v) is 11.2. The van der Waals surface area contributed by atoms with Crippen LogP contribution in [0.15, 0.2) is 30.6 Å². The lowest BCUT2D eigenvalue weighted by molar-refractivity contribution is 0.209. The Hall–Kier alpha value is -2.14. The summed E-state index contributed by atoms with van der Waals surface area (Å²) in [6.45, 7) is 2.02. The van der Waals surface area contributed by atoms with Gasteiger partial charge in [0.2, 0.25) is 0 Å². The fourth-order valence-electron chi connectivity index (χ4n) is 2.72. The average Bonchev–Trinajstić information content (AvgIpc) is 3.27. The standard InChI is InChI=1S/C15H16N4O/c1-9-6-8-17-14-12(9)18-15(20)11-3-2-7-16-13(11)19(14)10-4-5-10/h2-3,6-8,10,15,18,20H,4-5H2,1H3/t15-/m1/s1. The largest absolute Gasteiger partial charge is 0.369 e. The Morgan fingerprint density at radius 1 is 1.20 bits per heavy atom. The molecule has 2 aromatic rings. The molecule has 0 aromatic carbocycles. The maximum atomic E-state index is 10.4. The monoisotopic (exact) mass is 268 g/mol. The van der Waals surface area contributed by atoms with Gasteiger partial charge in [-0.3, -0.25) is 0 Å². The minimum absolute atomic E-state index is 0.434. The van der Waals surface area contributed by atoms with E-state index in [1.165, 1.54) is 0 Å². The highest BCUT2D eigenvalue weighted by Gasteiger charge is 2.37. The summed E-state index contributed by atoms with van der Waals surface area (Å²) in [6, 6.07) is 6.15. The van der Waals surface area contributed by atoms with Crippen LogP contribution in [0.2, 0.25) is 0 Å². The van der Waals surface area contributed by atoms with E-state index in [2.05, 4.69) is 20.2 Å². The number of nitrogens with one attached hydrogen (secondary N) is 1. The van der Waals surface area contributed by atoms with Crippen molar-refractivity contribution < 1.29 is 5.11 Å². The van der Waals surface area contributed by atoms with Gasteiger partial charge in [0.05, 0.1) is 5.69 Å². The highest BCUT2D eigenvalue weighted by molar-refractivity contribution is 5.79. The molecule has 2 N–H and O–H groups in total. The number of anilines is 3. The second-order valence-corrected chi connectivity index (χ2v) is 5.39. The second-order valence-electron chi connectivity index (χ2n) is 5.39. The first kappa shape index (κ1) is 11.7. The number of aryl methyl sites for hydroxylation is 1. The molecule has 1 fully saturated rings. The number of aliphatic hydroxyl groups is 1. The van der Waals surface area contributed by atoms with E-state index in [0.717, 1.165) is 41.3 Å². The van der Waals surface area contributed by atoms with Crippen molar-refractivity contribution >= 4 is 17.3 Å². The summed E-state index contributed by atoms with van der Waals surface area (Å²) in [5.41, 5.74) is 2.77. The summed E-state index contributed by atoms with van der Waals surface area (Å²) in [7, 11) is 0. The Morgan fingerprint density at radius 2 is 2.00 bits per heavy atom. The molecule has 102 valence electrons. The van der Waals surface area contributed by atoms with E-state index in [0.29, 0.717) is 6.04 Å². The fourth-order valence-corrected chi connectivity index (χ4v) is 2.72. The van der Waals surface area contributed by atoms with Gasteiger partial charge in [-0.25, -0.2) is 9.97 Å². The first-order chi connectivity index (χ1) is 9.75. The summed E-state index contributed by atoms with van der Waals surface area (Å²) in [5, 5.41) is 13.6. The van der Waals surface area contributed by atoms with Crippen molar-refractivity contribution in [2.75, 3.05) is 10.2 Å². The predicted molar refractivity (Wildman–Crippen MR) is 77.0 cm³/mol. The molecule has 1 saturated carbocycles. The molecule has 0 saturated heterocycles. The van der Waals surface area contributed by atoms with Crippen molar-refractivity contribution in [1.29, 1.82) is 0 Å². The number of hydrogen-bond donors (Lipinski definition) is 2. The van der Waals surface area contributed by atoms with Crippen LogP contribution in [-0.2, 0) is 0 Å². The Labute approximate surface area is 117 Å². The SMILES string of the molecule is Cc1ccnc2c1N[C@H](O)c1cccnc1N2C1CC1. The molecule has 1 aliphatic heterocycles. The number of aliphatic hydroxyl groups excluding tert-OH is 1. The van der Waals surface area contributed by atoms with Gasteiger partial charge in [-0.05, 0) is 43.5 Å². The van der Waals surface area contributed by atoms with Crippen LogP contribution in [0.3, 0.4) is 0 Å². The van der Waals surface area contributed by atoms with Crippen molar-refractivity contribution in [1.82, 2.24) is 9.97 Å². The maximum absolute atomic E-state index is 10.4. The van der Waals surface area contributed by atoms with Crippen LogP contribution in [0.4, 0.5) is 17.3 Å². The van der Waals surface area contributed by atoms with Crippen molar-refractivity contribution in [3.05, 3.63) is 41.7 Å². The van der Waals surface area contributed by atoms with Crippen LogP contribution in [0.1, 0.15) is 30.2 Å². The Balaban J connectivity index is 1.98. The molecule has 20 heavy (non-hydrogen) atoms. The number of aromatic nitrogens is 2. The zero-order chi connectivity index (χ0) is 13.7. The molecular formula is C15H16N4O. The van der Waals surface area contributed by atoms with Crippen LogP contribution in [0, 0.1) is 6.92 Å². The highest BCUT2D eigenvalue weighted by atomic mass is 16.3. The Kier molecular flexibility index (Phi) is 2.44. The average molecular weight is 268 g/mol. The number of rotatable bonds is 1. The van der Waals surface area contributed by atoms with Gasteiger partial charge in [-0.15, -0.1) is 0 Å². The van der Waals surface area contributed by atoms with Crippen LogP contribution in [-0.4, -0.2) is 21.1 Å². The smallest absolute Gasteiger partial charge is 0.158 e. The summed E-state index contributed by atoms with van der Waals surface area (Å²) >= 11 is 0. The van der Waals surface area contributed by atoms with E-state index in [1.54, 1.807) is 6.20 Å². The molecule has 1 aliphatic carbocycles. The van der Waals surface area contributed by atoms with E-state index < -0.39 is 6.23 Å². The highest BCUT2D eigenvalue weighted by Crippen LogP contribution is 2.45. The van der Waals surface area contributed by atoms with Gasteiger partial charge < -0.3 is 15.3 Å². The fraction of sp³-hybridized carbons (Fsp3) is 0.333. The molecule has 1 atom stereocenters. The number of hydrogen-bond acceptors (Lipinski definition) is 5. The van der Waals surface area contributed by atoms with Gasteiger partial charge in [-0.2, -0.15) is 0 Å². The minimum Gasteiger partial charge on any atom is -0.369 e. The zero-order valence-electron chi connectivity index (χ0n) is 11.2. The lowest BCUT2D eigenvalue weighted by atomic mass is 10.2. The van der Waals surface area contributed by atoms with Crippen LogP contribution >= 0.6 is 0 Å². The second kappa shape index (κ2) is 4.18. The molecule has 0 bridgehead atoms. The van der Waals surface area contributed by atoms with Crippen LogP contribution in [0.25, 0.3) is 0 Å². The molecule has 3 heterocycles. The van der Waals surface area contributed by atoms with Gasteiger partial charge in [0.25, 0.3) is 0 Å². The third kappa shape index (κ3) is 1.67. The van der Waals surface area contributed by atoms with Crippen LogP contribution < -0.4 is 10.2 Å². The quantitative estimate of drug-likeness (QED) is 0.832. The minimum atomic E-state index is -0.760. The van der Waals surface area contributed by atoms with Crippen molar-refractivity contribution in [2.45, 2.75) is 32.0 Å². The topological polar surface area (TPSA) is 61.3 Å². The summed E-state index contributed by atoms with van der Waals surface area (Å²) in [4.78, 5) is 11.2. The first-order valence-electron chi connectivity index (χ1n) is 6.90. The van der Waals surface area contributed by atoms with E-state index in [1.807, 2.05) is 31.3 Å². The third-order valence-electron chi connectivity index (χ3n) is 3.90. The lowest BCUT2D eigenvalue weighted by Crippen LogP contribution is -2.22. The van der Waals surface area contributed by atoms with E-state index >= 15 is 0 Å². The molecule has 0 spiro atoms. The summed E-state index contributed by atoms with van der Waals surface area (Å²) < 4.78 is 0. The number of pyridine rings is 2. The number of fused-ring (bicyclic) bond motifs is 2. The Morgan fingerprint density at radius 3 is 2.80 bits per heavy atom. The molecular weight excluding hydrogens is 252 g/mol.